The first kappa shape index (κ1) is 17.3. The summed E-state index contributed by atoms with van der Waals surface area (Å²) in [5.41, 5.74) is 1.27. The van der Waals surface area contributed by atoms with Gasteiger partial charge in [-0.1, -0.05) is 53.5 Å². The lowest BCUT2D eigenvalue weighted by Crippen LogP contribution is -2.74. The molecule has 21 heavy (non-hydrogen) atoms. The van der Waals surface area contributed by atoms with Gasteiger partial charge >= 0.3 is 0 Å². The van der Waals surface area contributed by atoms with Gasteiger partial charge in [0.2, 0.25) is 4.33 Å². The quantitative estimate of drug-likeness (QED) is 0.424. The largest absolute Gasteiger partial charge is 0.331 e. The third-order valence-corrected chi connectivity index (χ3v) is 5.39. The highest BCUT2D eigenvalue weighted by Crippen LogP contribution is 2.47. The number of benzene rings is 1. The van der Waals surface area contributed by atoms with Crippen molar-refractivity contribution in [3.05, 3.63) is 35.9 Å². The molecule has 1 heterocycles. The van der Waals surface area contributed by atoms with E-state index in [2.05, 4.69) is 12.1 Å². The van der Waals surface area contributed by atoms with Crippen molar-refractivity contribution in [1.29, 1.82) is 0 Å². The zero-order valence-electron chi connectivity index (χ0n) is 12.0. The number of halogens is 3. The van der Waals surface area contributed by atoms with Gasteiger partial charge in [-0.05, 0) is 19.4 Å². The lowest BCUT2D eigenvalue weighted by atomic mass is 9.89. The van der Waals surface area contributed by atoms with Gasteiger partial charge in [-0.3, -0.25) is 4.79 Å². The molecule has 0 aromatic heterocycles. The van der Waals surface area contributed by atoms with Crippen LogP contribution in [0.1, 0.15) is 19.4 Å². The zero-order chi connectivity index (χ0) is 15.7. The second-order valence-electron chi connectivity index (χ2n) is 5.63. The van der Waals surface area contributed by atoms with E-state index >= 15 is 0 Å². The predicted molar refractivity (Wildman–Crippen MR) is 92.5 cm³/mol. The molecule has 1 unspecified atom stereocenters. The summed E-state index contributed by atoms with van der Waals surface area (Å²) in [4.78, 5) is 13.0. The summed E-state index contributed by atoms with van der Waals surface area (Å²) < 4.78 is -1.39. The number of rotatable bonds is 6. The standard InChI is InChI=1S/C15H18Cl3NOS/c1-14(2,16)12-15(17,18)13(20)19(12)8-9-21-10-11-6-4-3-5-7-11/h3-7,12H,8-10H2,1-2H3. The van der Waals surface area contributed by atoms with E-state index in [0.29, 0.717) is 6.54 Å². The minimum Gasteiger partial charge on any atom is -0.331 e. The van der Waals surface area contributed by atoms with E-state index in [9.17, 15) is 4.79 Å². The molecular formula is C15H18Cl3NOS. The van der Waals surface area contributed by atoms with Crippen molar-refractivity contribution in [2.45, 2.75) is 34.8 Å². The van der Waals surface area contributed by atoms with Crippen molar-refractivity contribution in [3.63, 3.8) is 0 Å². The summed E-state index contributed by atoms with van der Waals surface area (Å²) in [6.45, 7) is 4.27. The molecule has 0 spiro atoms. The summed E-state index contributed by atoms with van der Waals surface area (Å²) in [7, 11) is 0. The molecule has 1 amide bonds. The lowest BCUT2D eigenvalue weighted by molar-refractivity contribution is -0.148. The van der Waals surface area contributed by atoms with Crippen LogP contribution in [-0.4, -0.2) is 38.4 Å². The fraction of sp³-hybridized carbons (Fsp3) is 0.533. The fourth-order valence-corrected chi connectivity index (χ4v) is 4.80. The molecule has 0 N–H and O–H groups in total. The smallest absolute Gasteiger partial charge is 0.261 e. The van der Waals surface area contributed by atoms with E-state index in [1.807, 2.05) is 32.0 Å². The summed E-state index contributed by atoms with van der Waals surface area (Å²) in [6, 6.07) is 9.87. The van der Waals surface area contributed by atoms with Crippen molar-refractivity contribution >= 4 is 52.5 Å². The van der Waals surface area contributed by atoms with Gasteiger partial charge in [0.25, 0.3) is 5.91 Å². The number of carbonyl (C=O) groups is 1. The Bertz CT molecular complexity index is 501. The molecule has 116 valence electrons. The third kappa shape index (κ3) is 3.82. The predicted octanol–water partition coefficient (Wildman–Crippen LogP) is 4.32. The molecule has 0 saturated carbocycles. The van der Waals surface area contributed by atoms with E-state index in [0.717, 1.165) is 11.5 Å². The van der Waals surface area contributed by atoms with Gasteiger partial charge in [0, 0.05) is 18.1 Å². The number of amides is 1. The van der Waals surface area contributed by atoms with E-state index in [4.69, 9.17) is 34.8 Å². The average Bonchev–Trinajstić information content (AvgIpc) is 2.41. The van der Waals surface area contributed by atoms with Crippen LogP contribution in [0.4, 0.5) is 0 Å². The molecule has 2 nitrogen and oxygen atoms in total. The molecule has 1 saturated heterocycles. The topological polar surface area (TPSA) is 20.3 Å². The van der Waals surface area contributed by atoms with Gasteiger partial charge in [-0.2, -0.15) is 11.8 Å². The van der Waals surface area contributed by atoms with Gasteiger partial charge in [0.15, 0.2) is 0 Å². The fourth-order valence-electron chi connectivity index (χ4n) is 2.51. The number of thioether (sulfide) groups is 1. The Kier molecular flexibility index (Phi) is 5.40. The molecule has 1 atom stereocenters. The van der Waals surface area contributed by atoms with E-state index in [1.54, 1.807) is 16.7 Å². The SMILES string of the molecule is CC(C)(Cl)C1N(CCSCc2ccccc2)C(=O)C1(Cl)Cl. The van der Waals surface area contributed by atoms with Crippen LogP contribution in [0.2, 0.25) is 0 Å². The maximum atomic E-state index is 12.0. The lowest BCUT2D eigenvalue weighted by Gasteiger charge is -2.54. The first-order valence-electron chi connectivity index (χ1n) is 6.74. The van der Waals surface area contributed by atoms with Crippen molar-refractivity contribution in [3.8, 4) is 0 Å². The second kappa shape index (κ2) is 6.57. The van der Waals surface area contributed by atoms with E-state index in [-0.39, 0.29) is 11.9 Å². The number of hydrogen-bond acceptors (Lipinski definition) is 2. The number of β-lactam (4-membered cyclic amide) rings is 1. The molecule has 2 rings (SSSR count). The third-order valence-electron chi connectivity index (χ3n) is 3.44. The van der Waals surface area contributed by atoms with Crippen molar-refractivity contribution in [2.24, 2.45) is 0 Å². The van der Waals surface area contributed by atoms with Gasteiger partial charge in [-0.15, -0.1) is 11.6 Å². The summed E-state index contributed by atoms with van der Waals surface area (Å²) in [5, 5.41) is 0. The molecule has 0 bridgehead atoms. The minimum atomic E-state index is -1.39. The Hall–Kier alpha value is -0.0900. The molecule has 1 fully saturated rings. The summed E-state index contributed by atoms with van der Waals surface area (Å²) in [5.74, 6) is 1.50. The molecule has 6 heteroatoms. The highest BCUT2D eigenvalue weighted by Gasteiger charge is 2.63. The van der Waals surface area contributed by atoms with Crippen molar-refractivity contribution < 1.29 is 4.79 Å². The number of hydrogen-bond donors (Lipinski definition) is 0. The van der Waals surface area contributed by atoms with Gasteiger partial charge in [-0.25, -0.2) is 0 Å². The minimum absolute atomic E-state index is 0.245. The number of alkyl halides is 3. The summed E-state index contributed by atoms with van der Waals surface area (Å²) >= 11 is 20.3. The average molecular weight is 367 g/mol. The molecule has 1 aromatic carbocycles. The maximum absolute atomic E-state index is 12.0. The molecule has 0 aliphatic carbocycles. The number of nitrogens with zero attached hydrogens (tertiary/aromatic N) is 1. The molecule has 1 aliphatic heterocycles. The van der Waals surface area contributed by atoms with Crippen LogP contribution in [0.25, 0.3) is 0 Å². The molecular weight excluding hydrogens is 349 g/mol. The monoisotopic (exact) mass is 365 g/mol. The van der Waals surface area contributed by atoms with Crippen LogP contribution in [0.3, 0.4) is 0 Å². The number of carbonyl (C=O) groups excluding carboxylic acids is 1. The van der Waals surface area contributed by atoms with Crippen molar-refractivity contribution in [1.82, 2.24) is 4.90 Å². The van der Waals surface area contributed by atoms with Crippen LogP contribution in [0.15, 0.2) is 30.3 Å². The zero-order valence-corrected chi connectivity index (χ0v) is 15.1. The summed E-state index contributed by atoms with van der Waals surface area (Å²) in [6.07, 6.45) is 0. The Balaban J connectivity index is 1.84. The van der Waals surface area contributed by atoms with Crippen LogP contribution < -0.4 is 0 Å². The Morgan fingerprint density at radius 2 is 1.90 bits per heavy atom. The van der Waals surface area contributed by atoms with E-state index in [1.165, 1.54) is 5.56 Å². The Morgan fingerprint density at radius 1 is 1.29 bits per heavy atom. The van der Waals surface area contributed by atoms with Gasteiger partial charge < -0.3 is 4.90 Å². The van der Waals surface area contributed by atoms with Crippen LogP contribution in [-0.2, 0) is 10.5 Å². The van der Waals surface area contributed by atoms with Gasteiger partial charge in [0.1, 0.15) is 0 Å². The molecule has 0 radical (unpaired) electrons. The Labute approximate surface area is 145 Å². The second-order valence-corrected chi connectivity index (χ2v) is 9.09. The molecule has 1 aliphatic rings. The maximum Gasteiger partial charge on any atom is 0.261 e. The Morgan fingerprint density at radius 3 is 2.48 bits per heavy atom. The van der Waals surface area contributed by atoms with Gasteiger partial charge in [0.05, 0.1) is 10.9 Å². The highest BCUT2D eigenvalue weighted by molar-refractivity contribution is 7.98. The van der Waals surface area contributed by atoms with Crippen LogP contribution in [0.5, 0.6) is 0 Å². The first-order chi connectivity index (χ1) is 9.74. The highest BCUT2D eigenvalue weighted by atomic mass is 35.5. The number of likely N-dealkylation sites (tertiary alicyclic amines) is 1. The van der Waals surface area contributed by atoms with Crippen LogP contribution >= 0.6 is 46.6 Å². The van der Waals surface area contributed by atoms with Crippen molar-refractivity contribution in [2.75, 3.05) is 12.3 Å². The first-order valence-corrected chi connectivity index (χ1v) is 9.03. The van der Waals surface area contributed by atoms with Crippen LogP contribution in [0, 0.1) is 0 Å². The normalized spacial score (nSPS) is 21.3. The molecule has 1 aromatic rings. The van der Waals surface area contributed by atoms with E-state index < -0.39 is 9.21 Å².